The minimum atomic E-state index is -1.33. The van der Waals surface area contributed by atoms with Crippen molar-refractivity contribution in [3.05, 3.63) is 71.3 Å². The average molecular weight is 761 g/mol. The Morgan fingerprint density at radius 1 is 0.769 bits per heavy atom. The van der Waals surface area contributed by atoms with Gasteiger partial charge in [-0.3, -0.25) is 9.67 Å². The lowest BCUT2D eigenvalue weighted by Crippen LogP contribution is -2.22. The number of hydrogen-bond donors (Lipinski definition) is 1. The van der Waals surface area contributed by atoms with E-state index in [1.54, 1.807) is 7.11 Å². The number of para-hydroxylation sites is 2. The van der Waals surface area contributed by atoms with E-state index in [-0.39, 0.29) is 12.9 Å². The zero-order valence-electron chi connectivity index (χ0n) is 33.3. The van der Waals surface area contributed by atoms with Crippen molar-refractivity contribution in [2.45, 2.75) is 96.8 Å². The first-order valence-electron chi connectivity index (χ1n) is 18.6. The molecule has 0 saturated heterocycles. The van der Waals surface area contributed by atoms with Crippen LogP contribution in [0, 0.1) is 6.92 Å². The van der Waals surface area contributed by atoms with Crippen LogP contribution in [-0.2, 0) is 20.9 Å². The lowest BCUT2D eigenvalue weighted by molar-refractivity contribution is 0.0204. The van der Waals surface area contributed by atoms with Crippen LogP contribution in [-0.4, -0.2) is 77.7 Å². The number of rotatable bonds is 19. The molecule has 3 aromatic carbocycles. The number of aromatic nitrogens is 4. The third kappa shape index (κ3) is 10.7. The van der Waals surface area contributed by atoms with Crippen molar-refractivity contribution >= 4 is 46.2 Å². The van der Waals surface area contributed by atoms with Crippen molar-refractivity contribution < 1.29 is 23.7 Å². The normalized spacial score (nSPS) is 13.3. The van der Waals surface area contributed by atoms with Crippen molar-refractivity contribution in [1.82, 2.24) is 19.7 Å². The fourth-order valence-corrected chi connectivity index (χ4v) is 8.16. The molecule has 0 aliphatic carbocycles. The number of methoxy groups -OCH3 is 1. The summed E-state index contributed by atoms with van der Waals surface area (Å²) in [5, 5.41) is 9.14. The molecule has 1 unspecified atom stereocenters. The molecular formula is C40H60N4O5Si3. The van der Waals surface area contributed by atoms with Crippen molar-refractivity contribution in [2.75, 3.05) is 33.7 Å². The van der Waals surface area contributed by atoms with E-state index in [0.717, 1.165) is 74.9 Å². The number of H-pyrrole nitrogens is 1. The molecule has 52 heavy (non-hydrogen) atoms. The van der Waals surface area contributed by atoms with Crippen molar-refractivity contribution in [2.24, 2.45) is 0 Å². The molecule has 0 aliphatic rings. The van der Waals surface area contributed by atoms with Gasteiger partial charge in [0.05, 0.1) is 23.7 Å². The average Bonchev–Trinajstić information content (AvgIpc) is 3.64. The molecule has 0 spiro atoms. The zero-order valence-corrected chi connectivity index (χ0v) is 36.3. The number of nitrogens with one attached hydrogen (secondary N) is 1. The van der Waals surface area contributed by atoms with Crippen LogP contribution in [0.15, 0.2) is 54.6 Å². The number of imidazole rings is 1. The van der Waals surface area contributed by atoms with Crippen LogP contribution < -0.4 is 9.47 Å². The predicted molar refractivity (Wildman–Crippen MR) is 222 cm³/mol. The summed E-state index contributed by atoms with van der Waals surface area (Å²) >= 11 is 0. The number of ether oxygens (including phenoxy) is 5. The Bertz CT molecular complexity index is 1940. The van der Waals surface area contributed by atoms with E-state index in [1.165, 1.54) is 0 Å². The second kappa shape index (κ2) is 16.8. The van der Waals surface area contributed by atoms with Crippen LogP contribution in [0.25, 0.3) is 33.5 Å². The molecule has 282 valence electrons. The molecule has 9 nitrogen and oxygen atoms in total. The highest BCUT2D eigenvalue weighted by Crippen LogP contribution is 2.39. The van der Waals surface area contributed by atoms with Gasteiger partial charge in [0.15, 0.2) is 24.1 Å². The molecular weight excluding hydrogens is 701 g/mol. The van der Waals surface area contributed by atoms with Gasteiger partial charge in [0, 0.05) is 49.4 Å². The number of benzene rings is 3. The van der Waals surface area contributed by atoms with Gasteiger partial charge in [0.1, 0.15) is 18.5 Å². The van der Waals surface area contributed by atoms with E-state index in [2.05, 4.69) is 106 Å². The summed E-state index contributed by atoms with van der Waals surface area (Å²) in [6.45, 7) is 26.1. The van der Waals surface area contributed by atoms with Gasteiger partial charge in [-0.25, -0.2) is 4.98 Å². The number of fused-ring (bicyclic) bond motifs is 2. The Hall–Kier alpha value is -3.27. The minimum absolute atomic E-state index is 0.187. The highest BCUT2D eigenvalue weighted by atomic mass is 28.3. The summed E-state index contributed by atoms with van der Waals surface area (Å²) in [7, 11) is -2.04. The summed E-state index contributed by atoms with van der Waals surface area (Å²) in [5.74, 6) is 2.11. The Kier molecular flexibility index (Phi) is 12.9. The van der Waals surface area contributed by atoms with Crippen LogP contribution >= 0.6 is 0 Å². The topological polar surface area (TPSA) is 92.7 Å². The molecule has 0 saturated carbocycles. The van der Waals surface area contributed by atoms with Gasteiger partial charge in [-0.1, -0.05) is 83.2 Å². The van der Waals surface area contributed by atoms with Gasteiger partial charge in [-0.15, -0.1) is 0 Å². The maximum atomic E-state index is 6.79. The summed E-state index contributed by atoms with van der Waals surface area (Å²) < 4.78 is 32.9. The molecule has 5 rings (SSSR count). The summed E-state index contributed by atoms with van der Waals surface area (Å²) in [4.78, 5) is 5.04. The van der Waals surface area contributed by atoms with Gasteiger partial charge in [-0.05, 0) is 72.1 Å². The fraction of sp³-hybridized carbons (Fsp3) is 0.500. The molecule has 1 atom stereocenters. The van der Waals surface area contributed by atoms with Gasteiger partial charge in [0.2, 0.25) is 0 Å². The standard InChI is InChI=1S/C40H60N4O5Si3/c1-29-24-37(49-28-47-19-22-51(6,7)8)36(45-2)26-32(29)39(48-20-23-52(9,10)11)30-16-17-31-34(25-30)42-43-38(31)40-41-33-14-12-13-15-35(33)44(40)27-46-18-21-50(3,4)5/h12-17,24-26,39H,18-23,27-28H2,1-11H3,(H,42,43). The maximum Gasteiger partial charge on any atom is 0.189 e. The van der Waals surface area contributed by atoms with Crippen LogP contribution in [0.5, 0.6) is 11.5 Å². The van der Waals surface area contributed by atoms with Crippen LogP contribution in [0.2, 0.25) is 77.1 Å². The third-order valence-corrected chi connectivity index (χ3v) is 14.4. The van der Waals surface area contributed by atoms with Crippen molar-refractivity contribution in [3.63, 3.8) is 0 Å². The van der Waals surface area contributed by atoms with Crippen molar-refractivity contribution in [3.8, 4) is 23.0 Å². The first-order valence-corrected chi connectivity index (χ1v) is 29.7. The molecule has 12 heteroatoms. The third-order valence-electron chi connectivity index (χ3n) is 9.24. The van der Waals surface area contributed by atoms with Crippen LogP contribution in [0.3, 0.4) is 0 Å². The van der Waals surface area contributed by atoms with Gasteiger partial charge >= 0.3 is 0 Å². The van der Waals surface area contributed by atoms with Crippen molar-refractivity contribution in [1.29, 1.82) is 0 Å². The monoisotopic (exact) mass is 760 g/mol. The van der Waals surface area contributed by atoms with E-state index in [4.69, 9.17) is 33.8 Å². The second-order valence-electron chi connectivity index (χ2n) is 17.5. The summed E-state index contributed by atoms with van der Waals surface area (Å²) in [6, 6.07) is 22.0. The Morgan fingerprint density at radius 3 is 2.13 bits per heavy atom. The number of aromatic amines is 1. The molecule has 2 aromatic heterocycles. The van der Waals surface area contributed by atoms with Crippen LogP contribution in [0.1, 0.15) is 22.8 Å². The molecule has 0 fully saturated rings. The van der Waals surface area contributed by atoms with Gasteiger partial charge < -0.3 is 23.7 Å². The van der Waals surface area contributed by atoms with E-state index >= 15 is 0 Å². The van der Waals surface area contributed by atoms with Gasteiger partial charge in [-0.2, -0.15) is 5.10 Å². The van der Waals surface area contributed by atoms with Gasteiger partial charge in [0.25, 0.3) is 0 Å². The first-order chi connectivity index (χ1) is 24.5. The second-order valence-corrected chi connectivity index (χ2v) is 34.3. The summed E-state index contributed by atoms with van der Waals surface area (Å²) in [6.07, 6.45) is -0.312. The quantitative estimate of drug-likeness (QED) is 0.0509. The number of hydrogen-bond acceptors (Lipinski definition) is 7. The minimum Gasteiger partial charge on any atom is -0.493 e. The predicted octanol–water partition coefficient (Wildman–Crippen LogP) is 10.3. The van der Waals surface area contributed by atoms with E-state index < -0.39 is 24.2 Å². The highest BCUT2D eigenvalue weighted by Gasteiger charge is 2.25. The molecule has 5 aromatic rings. The number of nitrogens with zero attached hydrogens (tertiary/aromatic N) is 3. The smallest absolute Gasteiger partial charge is 0.189 e. The molecule has 0 bridgehead atoms. The maximum absolute atomic E-state index is 6.79. The molecule has 0 radical (unpaired) electrons. The van der Waals surface area contributed by atoms with E-state index in [0.29, 0.717) is 31.4 Å². The lowest BCUT2D eigenvalue weighted by atomic mass is 9.95. The SMILES string of the molecule is COc1cc(C(OCC[Si](C)(C)C)c2ccc3c(-c4nc5ccccc5n4COCC[Si](C)(C)C)n[nH]c3c2)c(C)cc1OCOCC[Si](C)(C)C. The van der Waals surface area contributed by atoms with E-state index in [9.17, 15) is 0 Å². The Balaban J connectivity index is 1.46. The molecule has 1 N–H and O–H groups in total. The highest BCUT2D eigenvalue weighted by molar-refractivity contribution is 6.76. The van der Waals surface area contributed by atoms with E-state index in [1.807, 2.05) is 24.3 Å². The zero-order chi connectivity index (χ0) is 37.7. The largest absolute Gasteiger partial charge is 0.493 e. The lowest BCUT2D eigenvalue weighted by Gasteiger charge is -2.24. The fourth-order valence-electron chi connectivity index (χ4n) is 5.91. The summed E-state index contributed by atoms with van der Waals surface area (Å²) in [5.41, 5.74) is 6.81. The molecule has 0 aliphatic heterocycles. The molecule has 2 heterocycles. The van der Waals surface area contributed by atoms with Crippen LogP contribution in [0.4, 0.5) is 0 Å². The first kappa shape index (κ1) is 39.9. The Labute approximate surface area is 313 Å². The molecule has 0 amide bonds. The Morgan fingerprint density at radius 2 is 1.44 bits per heavy atom. The number of aryl methyl sites for hydroxylation is 1.